The number of hydrogen-bond acceptors (Lipinski definition) is 5. The lowest BCUT2D eigenvalue weighted by molar-refractivity contribution is 0.384. The third-order valence-corrected chi connectivity index (χ3v) is 8.12. The first kappa shape index (κ1) is 23.4. The van der Waals surface area contributed by atoms with Crippen LogP contribution < -0.4 is 4.90 Å². The van der Waals surface area contributed by atoms with E-state index in [1.165, 1.54) is 11.1 Å². The Labute approximate surface area is 197 Å². The Morgan fingerprint density at radius 3 is 2.15 bits per heavy atom. The van der Waals surface area contributed by atoms with Crippen molar-refractivity contribution in [2.75, 3.05) is 36.8 Å². The molecule has 0 atom stereocenters. The lowest BCUT2D eigenvalue weighted by Crippen LogP contribution is -2.49. The minimum Gasteiger partial charge on any atom is -0.354 e. The summed E-state index contributed by atoms with van der Waals surface area (Å²) in [5.41, 5.74) is 5.62. The normalized spacial score (nSPS) is 15.1. The van der Waals surface area contributed by atoms with E-state index in [2.05, 4.69) is 43.0 Å². The number of aryl methyl sites for hydroxylation is 2. The van der Waals surface area contributed by atoms with Crippen LogP contribution in [0.2, 0.25) is 0 Å². The fourth-order valence-corrected chi connectivity index (χ4v) is 5.32. The molecule has 0 amide bonds. The summed E-state index contributed by atoms with van der Waals surface area (Å²) < 4.78 is 26.3. The molecule has 1 saturated heterocycles. The van der Waals surface area contributed by atoms with Crippen molar-refractivity contribution < 1.29 is 8.42 Å². The first-order chi connectivity index (χ1) is 15.9. The summed E-state index contributed by atoms with van der Waals surface area (Å²) in [5.74, 6) is 1.78. The summed E-state index contributed by atoms with van der Waals surface area (Å²) in [6.45, 7) is 8.12. The largest absolute Gasteiger partial charge is 0.354 e. The Bertz CT molecular complexity index is 1190. The van der Waals surface area contributed by atoms with Crippen LogP contribution in [-0.4, -0.2) is 54.6 Å². The third-order valence-electron chi connectivity index (χ3n) is 6.24. The van der Waals surface area contributed by atoms with Crippen LogP contribution in [-0.2, 0) is 22.9 Å². The molecular weight excluding hydrogens is 432 g/mol. The molecule has 2 aromatic carbocycles. The summed E-state index contributed by atoms with van der Waals surface area (Å²) in [5, 5.41) is 0. The monoisotopic (exact) mass is 464 g/mol. The van der Waals surface area contributed by atoms with E-state index in [-0.39, 0.29) is 5.75 Å². The maximum absolute atomic E-state index is 12.4. The van der Waals surface area contributed by atoms with Gasteiger partial charge in [0, 0.05) is 49.4 Å². The van der Waals surface area contributed by atoms with Gasteiger partial charge in [-0.2, -0.15) is 4.31 Å². The third kappa shape index (κ3) is 5.25. The minimum atomic E-state index is -3.18. The van der Waals surface area contributed by atoms with Crippen LogP contribution in [0, 0.1) is 6.92 Å². The van der Waals surface area contributed by atoms with Crippen molar-refractivity contribution in [3.63, 3.8) is 0 Å². The van der Waals surface area contributed by atoms with Crippen molar-refractivity contribution in [1.82, 2.24) is 14.3 Å². The van der Waals surface area contributed by atoms with Crippen molar-refractivity contribution in [1.29, 1.82) is 0 Å². The van der Waals surface area contributed by atoms with E-state index in [1.54, 1.807) is 11.2 Å². The molecule has 1 aliphatic heterocycles. The summed E-state index contributed by atoms with van der Waals surface area (Å²) in [6, 6.07) is 18.6. The van der Waals surface area contributed by atoms with Gasteiger partial charge in [0.2, 0.25) is 10.0 Å². The van der Waals surface area contributed by atoms with Gasteiger partial charge in [0.25, 0.3) is 0 Å². The average molecular weight is 465 g/mol. The molecule has 0 spiro atoms. The molecule has 0 unspecified atom stereocenters. The second-order valence-electron chi connectivity index (χ2n) is 8.46. The molecule has 1 aromatic heterocycles. The zero-order chi connectivity index (χ0) is 23.4. The van der Waals surface area contributed by atoms with Gasteiger partial charge >= 0.3 is 0 Å². The summed E-state index contributed by atoms with van der Waals surface area (Å²) in [6.07, 6.45) is 1.56. The van der Waals surface area contributed by atoms with Crippen molar-refractivity contribution in [2.24, 2.45) is 0 Å². The van der Waals surface area contributed by atoms with E-state index in [0.717, 1.165) is 41.3 Å². The molecule has 2 heterocycles. The maximum Gasteiger partial charge on any atom is 0.213 e. The molecule has 174 valence electrons. The quantitative estimate of drug-likeness (QED) is 0.527. The van der Waals surface area contributed by atoms with Gasteiger partial charge < -0.3 is 4.90 Å². The van der Waals surface area contributed by atoms with Gasteiger partial charge in [-0.25, -0.2) is 18.4 Å². The maximum atomic E-state index is 12.4. The van der Waals surface area contributed by atoms with Gasteiger partial charge in [-0.15, -0.1) is 0 Å². The molecule has 0 aliphatic carbocycles. The zero-order valence-electron chi connectivity index (χ0n) is 19.7. The summed E-state index contributed by atoms with van der Waals surface area (Å²) in [4.78, 5) is 12.2. The van der Waals surface area contributed by atoms with Gasteiger partial charge in [-0.3, -0.25) is 0 Å². The van der Waals surface area contributed by atoms with Crippen molar-refractivity contribution in [3.05, 3.63) is 77.0 Å². The second kappa shape index (κ2) is 10.0. The molecule has 6 nitrogen and oxygen atoms in total. The van der Waals surface area contributed by atoms with Crippen LogP contribution >= 0.6 is 0 Å². The van der Waals surface area contributed by atoms with Crippen molar-refractivity contribution >= 4 is 15.8 Å². The Balaban J connectivity index is 1.74. The zero-order valence-corrected chi connectivity index (χ0v) is 20.5. The van der Waals surface area contributed by atoms with Gasteiger partial charge in [0.15, 0.2) is 5.82 Å². The van der Waals surface area contributed by atoms with Crippen LogP contribution in [0.1, 0.15) is 36.2 Å². The van der Waals surface area contributed by atoms with Crippen molar-refractivity contribution in [2.45, 2.75) is 33.6 Å². The Morgan fingerprint density at radius 1 is 0.879 bits per heavy atom. The highest BCUT2D eigenvalue weighted by atomic mass is 32.2. The Morgan fingerprint density at radius 2 is 1.55 bits per heavy atom. The summed E-state index contributed by atoms with van der Waals surface area (Å²) in [7, 11) is -3.18. The number of rotatable bonds is 7. The molecule has 0 radical (unpaired) electrons. The summed E-state index contributed by atoms with van der Waals surface area (Å²) >= 11 is 0. The van der Waals surface area contributed by atoms with Gasteiger partial charge in [0.05, 0.1) is 5.75 Å². The Hall–Kier alpha value is -2.77. The SMILES string of the molecule is CCc1nc(-c2ccccc2)nc(N2CCN(S(=O)(=O)CC)CC2)c1Cc1ccc(C)cc1. The topological polar surface area (TPSA) is 66.4 Å². The molecule has 33 heavy (non-hydrogen) atoms. The van der Waals surface area contributed by atoms with E-state index in [9.17, 15) is 8.42 Å². The van der Waals surface area contributed by atoms with Gasteiger partial charge in [-0.05, 0) is 25.8 Å². The number of sulfonamides is 1. The minimum absolute atomic E-state index is 0.136. The molecule has 1 aliphatic rings. The smallest absolute Gasteiger partial charge is 0.213 e. The highest BCUT2D eigenvalue weighted by molar-refractivity contribution is 7.89. The Kier molecular flexibility index (Phi) is 7.10. The second-order valence-corrected chi connectivity index (χ2v) is 10.7. The molecular formula is C26H32N4O2S. The van der Waals surface area contributed by atoms with Crippen LogP contribution in [0.25, 0.3) is 11.4 Å². The fourth-order valence-electron chi connectivity index (χ4n) is 4.24. The molecule has 4 rings (SSSR count). The van der Waals surface area contributed by atoms with E-state index in [4.69, 9.17) is 9.97 Å². The van der Waals surface area contributed by atoms with E-state index in [1.807, 2.05) is 30.3 Å². The number of anilines is 1. The standard InChI is InChI=1S/C26H32N4O2S/c1-4-24-23(19-21-13-11-20(3)12-14-21)26(28-25(27-24)22-9-7-6-8-10-22)29-15-17-30(18-16-29)33(31,32)5-2/h6-14H,4-5,15-19H2,1-3H3. The molecule has 7 heteroatoms. The van der Waals surface area contributed by atoms with Crippen LogP contribution in [0.15, 0.2) is 54.6 Å². The van der Waals surface area contributed by atoms with Gasteiger partial charge in [0.1, 0.15) is 5.82 Å². The number of benzene rings is 2. The lowest BCUT2D eigenvalue weighted by Gasteiger charge is -2.36. The number of aromatic nitrogens is 2. The van der Waals surface area contributed by atoms with Crippen LogP contribution in [0.4, 0.5) is 5.82 Å². The average Bonchev–Trinajstić information content (AvgIpc) is 2.86. The highest BCUT2D eigenvalue weighted by Crippen LogP contribution is 2.29. The number of piperazine rings is 1. The predicted molar refractivity (Wildman–Crippen MR) is 134 cm³/mol. The number of nitrogens with zero attached hydrogens (tertiary/aromatic N) is 4. The van der Waals surface area contributed by atoms with E-state index < -0.39 is 10.0 Å². The molecule has 1 fully saturated rings. The molecule has 3 aromatic rings. The van der Waals surface area contributed by atoms with E-state index >= 15 is 0 Å². The van der Waals surface area contributed by atoms with Crippen LogP contribution in [0.3, 0.4) is 0 Å². The first-order valence-corrected chi connectivity index (χ1v) is 13.3. The molecule has 0 bridgehead atoms. The first-order valence-electron chi connectivity index (χ1n) is 11.6. The van der Waals surface area contributed by atoms with Gasteiger partial charge in [-0.1, -0.05) is 67.1 Å². The van der Waals surface area contributed by atoms with Crippen LogP contribution in [0.5, 0.6) is 0 Å². The highest BCUT2D eigenvalue weighted by Gasteiger charge is 2.28. The molecule has 0 saturated carbocycles. The lowest BCUT2D eigenvalue weighted by atomic mass is 10.0. The molecule has 0 N–H and O–H groups in total. The van der Waals surface area contributed by atoms with Crippen molar-refractivity contribution in [3.8, 4) is 11.4 Å². The fraction of sp³-hybridized carbons (Fsp3) is 0.385. The predicted octanol–water partition coefficient (Wildman–Crippen LogP) is 4.08. The van der Waals surface area contributed by atoms with E-state index in [0.29, 0.717) is 26.2 Å². The number of hydrogen-bond donors (Lipinski definition) is 0.